The molecular formula is C10H11BrN2O2S. The van der Waals surface area contributed by atoms with E-state index in [2.05, 4.69) is 21.2 Å². The van der Waals surface area contributed by atoms with Crippen LogP contribution in [0, 0.1) is 0 Å². The third-order valence-corrected chi connectivity index (χ3v) is 4.16. The summed E-state index contributed by atoms with van der Waals surface area (Å²) in [7, 11) is 0. The molecule has 1 N–H and O–H groups in total. The van der Waals surface area contributed by atoms with Crippen molar-refractivity contribution in [3.63, 3.8) is 0 Å². The van der Waals surface area contributed by atoms with Crippen LogP contribution in [0.1, 0.15) is 16.6 Å². The number of carbonyl (C=O) groups excluding carboxylic acids is 2. The third kappa shape index (κ3) is 2.12. The SMILES string of the molecule is CC1C(=O)NCCN1C(=O)c1ccc(Br)s1. The van der Waals surface area contributed by atoms with Gasteiger partial charge in [-0.3, -0.25) is 9.59 Å². The highest BCUT2D eigenvalue weighted by molar-refractivity contribution is 9.11. The van der Waals surface area contributed by atoms with E-state index in [0.717, 1.165) is 3.79 Å². The van der Waals surface area contributed by atoms with Crippen LogP contribution in [0.2, 0.25) is 0 Å². The van der Waals surface area contributed by atoms with Gasteiger partial charge in [0.05, 0.1) is 8.66 Å². The Balaban J connectivity index is 2.18. The summed E-state index contributed by atoms with van der Waals surface area (Å²) in [5.41, 5.74) is 0. The molecule has 0 aliphatic carbocycles. The summed E-state index contributed by atoms with van der Waals surface area (Å²) in [6, 6.07) is 3.23. The summed E-state index contributed by atoms with van der Waals surface area (Å²) < 4.78 is 0.921. The van der Waals surface area contributed by atoms with Gasteiger partial charge in [0.15, 0.2) is 0 Å². The van der Waals surface area contributed by atoms with E-state index in [1.807, 2.05) is 6.07 Å². The first kappa shape index (κ1) is 11.6. The molecule has 0 bridgehead atoms. The van der Waals surface area contributed by atoms with E-state index in [-0.39, 0.29) is 17.9 Å². The molecule has 2 rings (SSSR count). The largest absolute Gasteiger partial charge is 0.353 e. The summed E-state index contributed by atoms with van der Waals surface area (Å²) in [6.45, 7) is 2.85. The highest BCUT2D eigenvalue weighted by Gasteiger charge is 2.30. The fourth-order valence-electron chi connectivity index (χ4n) is 1.63. The number of carbonyl (C=O) groups is 2. The van der Waals surface area contributed by atoms with Crippen molar-refractivity contribution in [2.75, 3.05) is 13.1 Å². The third-order valence-electron chi connectivity index (χ3n) is 2.54. The number of thiophene rings is 1. The summed E-state index contributed by atoms with van der Waals surface area (Å²) in [6.07, 6.45) is 0. The van der Waals surface area contributed by atoms with Crippen molar-refractivity contribution in [3.8, 4) is 0 Å². The van der Waals surface area contributed by atoms with Crippen LogP contribution in [0.15, 0.2) is 15.9 Å². The van der Waals surface area contributed by atoms with Crippen molar-refractivity contribution in [1.82, 2.24) is 10.2 Å². The lowest BCUT2D eigenvalue weighted by molar-refractivity contribution is -0.127. The first-order chi connectivity index (χ1) is 7.59. The van der Waals surface area contributed by atoms with Gasteiger partial charge in [-0.1, -0.05) is 0 Å². The number of nitrogens with one attached hydrogen (secondary N) is 1. The second-order valence-corrected chi connectivity index (χ2v) is 6.03. The molecule has 6 heteroatoms. The van der Waals surface area contributed by atoms with E-state index in [4.69, 9.17) is 0 Å². The molecule has 0 aromatic carbocycles. The maximum atomic E-state index is 12.1. The standard InChI is InChI=1S/C10H11BrN2O2S/c1-6-9(14)12-4-5-13(6)10(15)7-2-3-8(11)16-7/h2-3,6H,4-5H2,1H3,(H,12,14). The Labute approximate surface area is 106 Å². The van der Waals surface area contributed by atoms with Crippen molar-refractivity contribution in [1.29, 1.82) is 0 Å². The van der Waals surface area contributed by atoms with E-state index in [1.54, 1.807) is 17.9 Å². The maximum Gasteiger partial charge on any atom is 0.264 e. The molecule has 1 saturated heterocycles. The maximum absolute atomic E-state index is 12.1. The monoisotopic (exact) mass is 302 g/mol. The fourth-order valence-corrected chi connectivity index (χ4v) is 2.97. The molecular weight excluding hydrogens is 292 g/mol. The number of nitrogens with zero attached hydrogens (tertiary/aromatic N) is 1. The predicted octanol–water partition coefficient (Wildman–Crippen LogP) is 1.47. The van der Waals surface area contributed by atoms with Crippen LogP contribution in [0.5, 0.6) is 0 Å². The quantitative estimate of drug-likeness (QED) is 0.854. The van der Waals surface area contributed by atoms with E-state index in [0.29, 0.717) is 18.0 Å². The number of hydrogen-bond acceptors (Lipinski definition) is 3. The Bertz CT molecular complexity index is 432. The minimum Gasteiger partial charge on any atom is -0.353 e. The van der Waals surface area contributed by atoms with Crippen molar-refractivity contribution in [2.45, 2.75) is 13.0 Å². The number of rotatable bonds is 1. The Morgan fingerprint density at radius 2 is 2.38 bits per heavy atom. The first-order valence-corrected chi connectivity index (χ1v) is 6.54. The van der Waals surface area contributed by atoms with Crippen molar-refractivity contribution < 1.29 is 9.59 Å². The van der Waals surface area contributed by atoms with Gasteiger partial charge in [0.25, 0.3) is 5.91 Å². The highest BCUT2D eigenvalue weighted by Crippen LogP contribution is 2.24. The van der Waals surface area contributed by atoms with Crippen molar-refractivity contribution in [2.24, 2.45) is 0 Å². The summed E-state index contributed by atoms with van der Waals surface area (Å²) >= 11 is 4.71. The van der Waals surface area contributed by atoms with Gasteiger partial charge in [-0.05, 0) is 35.0 Å². The molecule has 0 radical (unpaired) electrons. The number of piperazine rings is 1. The van der Waals surface area contributed by atoms with Crippen LogP contribution in [0.3, 0.4) is 0 Å². The van der Waals surface area contributed by atoms with E-state index < -0.39 is 0 Å². The van der Waals surface area contributed by atoms with Gasteiger partial charge in [0, 0.05) is 13.1 Å². The average Bonchev–Trinajstić information content (AvgIpc) is 2.68. The second-order valence-electron chi connectivity index (χ2n) is 3.57. The summed E-state index contributed by atoms with van der Waals surface area (Å²) in [4.78, 5) is 25.8. The Morgan fingerprint density at radius 1 is 1.62 bits per heavy atom. The lowest BCUT2D eigenvalue weighted by Crippen LogP contribution is -2.55. The fraction of sp³-hybridized carbons (Fsp3) is 0.400. The van der Waals surface area contributed by atoms with E-state index in [9.17, 15) is 9.59 Å². The molecule has 86 valence electrons. The van der Waals surface area contributed by atoms with E-state index in [1.165, 1.54) is 11.3 Å². The van der Waals surface area contributed by atoms with E-state index >= 15 is 0 Å². The summed E-state index contributed by atoms with van der Waals surface area (Å²) in [5.74, 6) is -0.159. The number of hydrogen-bond donors (Lipinski definition) is 1. The molecule has 1 atom stereocenters. The second kappa shape index (κ2) is 4.55. The van der Waals surface area contributed by atoms with Gasteiger partial charge < -0.3 is 10.2 Å². The molecule has 4 nitrogen and oxygen atoms in total. The molecule has 2 heterocycles. The van der Waals surface area contributed by atoms with Gasteiger partial charge >= 0.3 is 0 Å². The Hall–Kier alpha value is -0.880. The smallest absolute Gasteiger partial charge is 0.264 e. The molecule has 1 aromatic rings. The van der Waals surface area contributed by atoms with Crippen LogP contribution in [0.4, 0.5) is 0 Å². The molecule has 1 aliphatic rings. The molecule has 1 unspecified atom stereocenters. The summed E-state index contributed by atoms with van der Waals surface area (Å²) in [5, 5.41) is 2.73. The highest BCUT2D eigenvalue weighted by atomic mass is 79.9. The topological polar surface area (TPSA) is 49.4 Å². The lowest BCUT2D eigenvalue weighted by Gasteiger charge is -2.32. The van der Waals surface area contributed by atoms with Crippen LogP contribution in [-0.4, -0.2) is 35.8 Å². The lowest BCUT2D eigenvalue weighted by atomic mass is 10.2. The number of halogens is 1. The molecule has 16 heavy (non-hydrogen) atoms. The minimum absolute atomic E-state index is 0.0712. The molecule has 2 amide bonds. The average molecular weight is 303 g/mol. The minimum atomic E-state index is -0.387. The molecule has 1 fully saturated rings. The predicted molar refractivity (Wildman–Crippen MR) is 65.5 cm³/mol. The van der Waals surface area contributed by atoms with Crippen molar-refractivity contribution >= 4 is 39.1 Å². The Kier molecular flexibility index (Phi) is 3.30. The number of amides is 2. The van der Waals surface area contributed by atoms with Gasteiger partial charge in [-0.15, -0.1) is 11.3 Å². The van der Waals surface area contributed by atoms with Crippen LogP contribution >= 0.6 is 27.3 Å². The van der Waals surface area contributed by atoms with Gasteiger partial charge in [-0.2, -0.15) is 0 Å². The van der Waals surface area contributed by atoms with Gasteiger partial charge in [-0.25, -0.2) is 0 Å². The first-order valence-electron chi connectivity index (χ1n) is 4.93. The molecule has 1 aromatic heterocycles. The van der Waals surface area contributed by atoms with Gasteiger partial charge in [0.1, 0.15) is 6.04 Å². The van der Waals surface area contributed by atoms with Crippen LogP contribution in [-0.2, 0) is 4.79 Å². The Morgan fingerprint density at radius 3 is 3.00 bits per heavy atom. The van der Waals surface area contributed by atoms with Crippen LogP contribution in [0.25, 0.3) is 0 Å². The molecule has 1 aliphatic heterocycles. The zero-order valence-electron chi connectivity index (χ0n) is 8.70. The zero-order chi connectivity index (χ0) is 11.7. The van der Waals surface area contributed by atoms with Gasteiger partial charge in [0.2, 0.25) is 5.91 Å². The van der Waals surface area contributed by atoms with Crippen molar-refractivity contribution in [3.05, 3.63) is 20.8 Å². The van der Waals surface area contributed by atoms with Crippen LogP contribution < -0.4 is 5.32 Å². The normalized spacial score (nSPS) is 20.8. The molecule has 0 spiro atoms. The molecule has 0 saturated carbocycles. The zero-order valence-corrected chi connectivity index (χ0v) is 11.1.